The van der Waals surface area contributed by atoms with Gasteiger partial charge in [-0.1, -0.05) is 50.1 Å². The van der Waals surface area contributed by atoms with E-state index < -0.39 is 16.1 Å². The third kappa shape index (κ3) is 8.23. The molecule has 5 rings (SSSR count). The number of ether oxygens (including phenoxy) is 2. The summed E-state index contributed by atoms with van der Waals surface area (Å²) in [5.74, 6) is 0.531. The number of aryl methyl sites for hydroxylation is 1. The van der Waals surface area contributed by atoms with Gasteiger partial charge in [0.1, 0.15) is 5.75 Å². The number of rotatable bonds is 12. The Hall–Kier alpha value is -2.59. The quantitative estimate of drug-likeness (QED) is 0.162. The lowest BCUT2D eigenvalue weighted by Gasteiger charge is -2.45. The number of halogens is 1. The number of primary sulfonamides is 1. The number of aliphatic hydroxyl groups is 1. The fourth-order valence-electron chi connectivity index (χ4n) is 7.25. The number of fused-ring (bicyclic) bond motifs is 3. The van der Waals surface area contributed by atoms with Crippen LogP contribution in [-0.4, -0.2) is 57.7 Å². The summed E-state index contributed by atoms with van der Waals surface area (Å²) in [5.41, 5.74) is 3.69. The molecule has 1 spiro atoms. The third-order valence-electron chi connectivity index (χ3n) is 9.76. The normalized spacial score (nSPS) is 24.2. The van der Waals surface area contributed by atoms with Gasteiger partial charge < -0.3 is 19.5 Å². The summed E-state index contributed by atoms with van der Waals surface area (Å²) in [6.45, 7) is 6.27. The van der Waals surface area contributed by atoms with Crippen molar-refractivity contribution < 1.29 is 27.8 Å². The molecule has 0 amide bonds. The van der Waals surface area contributed by atoms with Crippen LogP contribution in [0.4, 0.5) is 5.69 Å². The third-order valence-corrected chi connectivity index (χ3v) is 11.0. The van der Waals surface area contributed by atoms with E-state index in [0.29, 0.717) is 31.7 Å². The topological polar surface area (TPSA) is 119 Å². The molecule has 2 aliphatic carbocycles. The zero-order valence-electron chi connectivity index (χ0n) is 26.4. The number of carbonyl (C=O) groups is 1. The summed E-state index contributed by atoms with van der Waals surface area (Å²) in [6.07, 6.45) is 10.3. The number of nitrogens with two attached hydrogens (primary N) is 1. The molecule has 3 aliphatic rings. The van der Waals surface area contributed by atoms with E-state index >= 15 is 0 Å². The fourth-order valence-corrected chi connectivity index (χ4v) is 8.37. The Labute approximate surface area is 273 Å². The van der Waals surface area contributed by atoms with Crippen LogP contribution in [0.3, 0.4) is 0 Å². The minimum absolute atomic E-state index is 0.0815. The van der Waals surface area contributed by atoms with Crippen molar-refractivity contribution >= 4 is 33.3 Å². The highest BCUT2D eigenvalue weighted by Gasteiger charge is 2.44. The highest BCUT2D eigenvalue weighted by molar-refractivity contribution is 7.89. The van der Waals surface area contributed by atoms with Crippen LogP contribution in [0.15, 0.2) is 48.6 Å². The number of hydrogen-bond donors (Lipinski definition) is 2. The van der Waals surface area contributed by atoms with Gasteiger partial charge in [0.25, 0.3) is 0 Å². The van der Waals surface area contributed by atoms with Crippen LogP contribution in [0.1, 0.15) is 80.3 Å². The lowest BCUT2D eigenvalue weighted by atomic mass is 9.68. The molecule has 0 radical (unpaired) electrons. The van der Waals surface area contributed by atoms with Gasteiger partial charge in [-0.3, -0.25) is 0 Å². The van der Waals surface area contributed by atoms with Gasteiger partial charge >= 0.3 is 5.97 Å². The van der Waals surface area contributed by atoms with E-state index in [2.05, 4.69) is 24.0 Å². The number of carbonyl (C=O) groups excluding carboxylic acids is 1. The van der Waals surface area contributed by atoms with E-state index in [-0.39, 0.29) is 34.9 Å². The molecule has 10 heteroatoms. The molecule has 1 heterocycles. The lowest BCUT2D eigenvalue weighted by Crippen LogP contribution is -2.49. The van der Waals surface area contributed by atoms with Gasteiger partial charge in [0, 0.05) is 23.5 Å². The van der Waals surface area contributed by atoms with Crippen molar-refractivity contribution in [3.8, 4) is 5.75 Å². The van der Waals surface area contributed by atoms with Crippen LogP contribution in [0.5, 0.6) is 5.75 Å². The Kier molecular flexibility index (Phi) is 10.8. The van der Waals surface area contributed by atoms with Crippen molar-refractivity contribution in [1.82, 2.24) is 0 Å². The lowest BCUT2D eigenvalue weighted by molar-refractivity contribution is 0.0456. The maximum Gasteiger partial charge on any atom is 0.338 e. The average molecular weight is 659 g/mol. The first-order valence-corrected chi connectivity index (χ1v) is 18.4. The predicted molar refractivity (Wildman–Crippen MR) is 179 cm³/mol. The van der Waals surface area contributed by atoms with Crippen LogP contribution >= 0.6 is 11.6 Å². The average Bonchev–Trinajstić information content (AvgIpc) is 3.11. The minimum Gasteiger partial charge on any atom is -0.490 e. The molecular formula is C35H47ClN2O6S. The number of anilines is 1. The maximum atomic E-state index is 13.0. The maximum absolute atomic E-state index is 13.0. The zero-order chi connectivity index (χ0) is 32.2. The first-order chi connectivity index (χ1) is 21.5. The van der Waals surface area contributed by atoms with Gasteiger partial charge in [-0.15, -0.1) is 0 Å². The van der Waals surface area contributed by atoms with Gasteiger partial charge in [0.05, 0.1) is 36.3 Å². The Balaban J connectivity index is 1.39. The molecule has 8 nitrogen and oxygen atoms in total. The van der Waals surface area contributed by atoms with E-state index in [1.54, 1.807) is 6.07 Å². The highest BCUT2D eigenvalue weighted by atomic mass is 35.5. The van der Waals surface area contributed by atoms with Crippen LogP contribution in [0, 0.1) is 17.8 Å². The van der Waals surface area contributed by atoms with E-state index in [4.69, 9.17) is 26.2 Å². The first-order valence-electron chi connectivity index (χ1n) is 16.3. The predicted octanol–water partition coefficient (Wildman–Crippen LogP) is 6.03. The number of hydrogen-bond acceptors (Lipinski definition) is 7. The molecule has 5 atom stereocenters. The van der Waals surface area contributed by atoms with Crippen molar-refractivity contribution in [2.24, 2.45) is 22.9 Å². The Morgan fingerprint density at radius 3 is 2.82 bits per heavy atom. The summed E-state index contributed by atoms with van der Waals surface area (Å²) in [4.78, 5) is 15.3. The number of sulfonamides is 1. The SMILES string of the molecule is CCCCOC(=O)c1ccc2c(c1)N(C[C@@H]1CC[C@H]1[C@@H](O)/C=C/C[C@H](C)CS(N)(=O)=O)CC1(CCCc3cc(Cl)ccc31)CO2. The summed E-state index contributed by atoms with van der Waals surface area (Å²) < 4.78 is 35.0. The molecule has 1 aliphatic heterocycles. The molecule has 246 valence electrons. The highest BCUT2D eigenvalue weighted by Crippen LogP contribution is 2.46. The van der Waals surface area contributed by atoms with Gasteiger partial charge in [0.15, 0.2) is 0 Å². The van der Waals surface area contributed by atoms with Gasteiger partial charge in [-0.05, 0) is 104 Å². The zero-order valence-corrected chi connectivity index (χ0v) is 28.0. The number of esters is 1. The summed E-state index contributed by atoms with van der Waals surface area (Å²) in [6, 6.07) is 11.8. The first kappa shape index (κ1) is 33.8. The molecular weight excluding hydrogens is 612 g/mol. The fraction of sp³-hybridized carbons (Fsp3) is 0.571. The second-order valence-electron chi connectivity index (χ2n) is 13.4. The monoisotopic (exact) mass is 658 g/mol. The van der Waals surface area contributed by atoms with E-state index in [1.165, 1.54) is 11.1 Å². The molecule has 2 aromatic carbocycles. The van der Waals surface area contributed by atoms with Crippen LogP contribution < -0.4 is 14.8 Å². The van der Waals surface area contributed by atoms with E-state index in [1.807, 2.05) is 37.3 Å². The molecule has 1 saturated carbocycles. The van der Waals surface area contributed by atoms with Crippen molar-refractivity contribution in [3.63, 3.8) is 0 Å². The van der Waals surface area contributed by atoms with Crippen molar-refractivity contribution in [3.05, 3.63) is 70.3 Å². The van der Waals surface area contributed by atoms with Gasteiger partial charge in [-0.25, -0.2) is 18.4 Å². The molecule has 2 aromatic rings. The molecule has 45 heavy (non-hydrogen) atoms. The Morgan fingerprint density at radius 1 is 1.27 bits per heavy atom. The number of benzene rings is 2. The van der Waals surface area contributed by atoms with Crippen molar-refractivity contribution in [1.29, 1.82) is 0 Å². The molecule has 0 saturated heterocycles. The largest absolute Gasteiger partial charge is 0.490 e. The van der Waals surface area contributed by atoms with Crippen LogP contribution in [0.25, 0.3) is 0 Å². The Bertz CT molecular complexity index is 1500. The summed E-state index contributed by atoms with van der Waals surface area (Å²) in [7, 11) is -3.53. The van der Waals surface area contributed by atoms with Crippen molar-refractivity contribution in [2.75, 3.05) is 37.0 Å². The molecule has 0 aromatic heterocycles. The van der Waals surface area contributed by atoms with Crippen LogP contribution in [-0.2, 0) is 26.6 Å². The van der Waals surface area contributed by atoms with Crippen molar-refractivity contribution in [2.45, 2.75) is 76.7 Å². The van der Waals surface area contributed by atoms with Gasteiger partial charge in [-0.2, -0.15) is 0 Å². The van der Waals surface area contributed by atoms with E-state index in [0.717, 1.165) is 68.0 Å². The molecule has 3 N–H and O–H groups in total. The summed E-state index contributed by atoms with van der Waals surface area (Å²) >= 11 is 6.41. The molecule has 1 fully saturated rings. The minimum atomic E-state index is -3.53. The second kappa shape index (κ2) is 14.4. The number of allylic oxidation sites excluding steroid dienone is 1. The number of nitrogens with zero attached hydrogens (tertiary/aromatic N) is 1. The number of unbranched alkanes of at least 4 members (excludes halogenated alkanes) is 1. The molecule has 1 unspecified atom stereocenters. The van der Waals surface area contributed by atoms with E-state index in [9.17, 15) is 18.3 Å². The Morgan fingerprint density at radius 2 is 2.09 bits per heavy atom. The number of aliphatic hydroxyl groups excluding tert-OH is 1. The summed E-state index contributed by atoms with van der Waals surface area (Å²) in [5, 5.41) is 17.1. The second-order valence-corrected chi connectivity index (χ2v) is 15.5. The van der Waals surface area contributed by atoms with Crippen LogP contribution in [0.2, 0.25) is 5.02 Å². The standard InChI is InChI=1S/C35H47ClN2O6S/c1-3-4-17-43-34(40)26-11-15-33-31(19-26)38(22-35(23-44-33)16-6-8-25-18-28(36)12-14-30(25)35)20-27-10-13-29(27)32(39)9-5-7-24(2)21-45(37,41)42/h5,9,11-12,14-15,18-19,24,27,29,32,39H,3-4,6-8,10,13,16-17,20-23H2,1-2H3,(H2,37,41,42)/b9-5+/t24-,27-,29+,32-,35?/m0/s1. The smallest absolute Gasteiger partial charge is 0.338 e. The van der Waals surface area contributed by atoms with Gasteiger partial charge in [0.2, 0.25) is 10.0 Å². The molecule has 0 bridgehead atoms.